The highest BCUT2D eigenvalue weighted by molar-refractivity contribution is 5.98. The molecule has 0 saturated carbocycles. The molecule has 1 heterocycles. The van der Waals surface area contributed by atoms with Gasteiger partial charge in [0.15, 0.2) is 0 Å². The second-order valence-corrected chi connectivity index (χ2v) is 6.11. The topological polar surface area (TPSA) is 114 Å². The zero-order valence-corrected chi connectivity index (χ0v) is 14.7. The summed E-state index contributed by atoms with van der Waals surface area (Å²) in [7, 11) is 0. The number of rotatable bonds is 6. The Morgan fingerprint density at radius 2 is 1.93 bits per heavy atom. The standard InChI is InChI=1S/C20H19N3O4/c1-12(24)27-15-6-4-5-13(9-15)20(26)23-18(19(21)25)10-14-11-22-17-8-3-2-7-16(14)17/h2-9,11,18,22H,10H2,1H3,(H2,21,25)(H,23,26)/t18-/m0/s1. The summed E-state index contributed by atoms with van der Waals surface area (Å²) >= 11 is 0. The average molecular weight is 365 g/mol. The van der Waals surface area contributed by atoms with Crippen molar-refractivity contribution in [1.82, 2.24) is 10.3 Å². The maximum atomic E-state index is 12.5. The number of hydrogen-bond donors (Lipinski definition) is 3. The van der Waals surface area contributed by atoms with Crippen LogP contribution in [0.4, 0.5) is 0 Å². The first-order chi connectivity index (χ1) is 12.9. The van der Waals surface area contributed by atoms with Crippen LogP contribution in [0.15, 0.2) is 54.7 Å². The number of amides is 2. The molecule has 1 atom stereocenters. The SMILES string of the molecule is CC(=O)Oc1cccc(C(=O)N[C@@H](Cc2c[nH]c3ccccc23)C(N)=O)c1. The molecule has 0 aliphatic heterocycles. The van der Waals surface area contributed by atoms with Gasteiger partial charge in [0.25, 0.3) is 5.91 Å². The number of fused-ring (bicyclic) bond motifs is 1. The van der Waals surface area contributed by atoms with Gasteiger partial charge in [0.1, 0.15) is 11.8 Å². The predicted octanol–water partition coefficient (Wildman–Crippen LogP) is 1.92. The molecular formula is C20H19N3O4. The number of esters is 1. The van der Waals surface area contributed by atoms with Gasteiger partial charge in [-0.1, -0.05) is 24.3 Å². The molecule has 138 valence electrons. The van der Waals surface area contributed by atoms with Gasteiger partial charge in [-0.05, 0) is 29.8 Å². The summed E-state index contributed by atoms with van der Waals surface area (Å²) in [4.78, 5) is 38.6. The Kier molecular flexibility index (Phi) is 5.21. The first-order valence-corrected chi connectivity index (χ1v) is 8.37. The number of hydrogen-bond acceptors (Lipinski definition) is 4. The van der Waals surface area contributed by atoms with E-state index in [4.69, 9.17) is 10.5 Å². The molecule has 0 saturated heterocycles. The molecule has 4 N–H and O–H groups in total. The molecule has 0 unspecified atom stereocenters. The highest BCUT2D eigenvalue weighted by Gasteiger charge is 2.21. The number of nitrogens with one attached hydrogen (secondary N) is 2. The summed E-state index contributed by atoms with van der Waals surface area (Å²) in [5.41, 5.74) is 7.57. The Morgan fingerprint density at radius 3 is 2.67 bits per heavy atom. The van der Waals surface area contributed by atoms with Crippen molar-refractivity contribution < 1.29 is 19.1 Å². The van der Waals surface area contributed by atoms with E-state index in [2.05, 4.69) is 10.3 Å². The molecule has 0 bridgehead atoms. The molecule has 0 fully saturated rings. The predicted molar refractivity (Wildman–Crippen MR) is 100 cm³/mol. The summed E-state index contributed by atoms with van der Waals surface area (Å²) in [6.07, 6.45) is 2.06. The van der Waals surface area contributed by atoms with Crippen molar-refractivity contribution in [2.75, 3.05) is 0 Å². The number of primary amides is 1. The number of benzene rings is 2. The second-order valence-electron chi connectivity index (χ2n) is 6.11. The molecule has 0 spiro atoms. The lowest BCUT2D eigenvalue weighted by molar-refractivity contribution is -0.131. The lowest BCUT2D eigenvalue weighted by atomic mass is 10.0. The van der Waals surface area contributed by atoms with E-state index in [0.29, 0.717) is 0 Å². The Balaban J connectivity index is 1.77. The largest absolute Gasteiger partial charge is 0.427 e. The van der Waals surface area contributed by atoms with E-state index in [1.165, 1.54) is 13.0 Å². The number of carbonyl (C=O) groups excluding carboxylic acids is 3. The number of nitrogens with two attached hydrogens (primary N) is 1. The van der Waals surface area contributed by atoms with Gasteiger partial charge in [-0.25, -0.2) is 0 Å². The zero-order chi connectivity index (χ0) is 19.4. The van der Waals surface area contributed by atoms with Crippen molar-refractivity contribution in [3.05, 3.63) is 65.9 Å². The van der Waals surface area contributed by atoms with E-state index in [-0.39, 0.29) is 17.7 Å². The molecule has 27 heavy (non-hydrogen) atoms. The Bertz CT molecular complexity index is 1010. The van der Waals surface area contributed by atoms with Crippen molar-refractivity contribution >= 4 is 28.7 Å². The molecule has 2 aromatic carbocycles. The Morgan fingerprint density at radius 1 is 1.15 bits per heavy atom. The van der Waals surface area contributed by atoms with Crippen LogP contribution in [-0.4, -0.2) is 28.8 Å². The Hall–Kier alpha value is -3.61. The van der Waals surface area contributed by atoms with Crippen molar-refractivity contribution in [2.45, 2.75) is 19.4 Å². The molecule has 2 amide bonds. The van der Waals surface area contributed by atoms with Gasteiger partial charge in [0, 0.05) is 36.0 Å². The molecule has 0 radical (unpaired) electrons. The van der Waals surface area contributed by atoms with Crippen LogP contribution in [0.3, 0.4) is 0 Å². The van der Waals surface area contributed by atoms with Gasteiger partial charge in [-0.2, -0.15) is 0 Å². The molecule has 1 aromatic heterocycles. The Labute approximate surface area is 155 Å². The number of ether oxygens (including phenoxy) is 1. The van der Waals surface area contributed by atoms with E-state index in [1.807, 2.05) is 24.3 Å². The summed E-state index contributed by atoms with van der Waals surface area (Å²) < 4.78 is 4.98. The summed E-state index contributed by atoms with van der Waals surface area (Å²) in [5, 5.41) is 3.62. The van der Waals surface area contributed by atoms with Crippen molar-refractivity contribution in [3.8, 4) is 5.75 Å². The number of aromatic amines is 1. The number of carbonyl (C=O) groups is 3. The highest BCUT2D eigenvalue weighted by Crippen LogP contribution is 2.19. The maximum absolute atomic E-state index is 12.5. The van der Waals surface area contributed by atoms with Gasteiger partial charge in [0.2, 0.25) is 5.91 Å². The summed E-state index contributed by atoms with van der Waals surface area (Å²) in [5.74, 6) is -1.35. The van der Waals surface area contributed by atoms with E-state index < -0.39 is 23.8 Å². The fraction of sp³-hybridized carbons (Fsp3) is 0.150. The third kappa shape index (κ3) is 4.33. The van der Waals surface area contributed by atoms with E-state index in [0.717, 1.165) is 16.5 Å². The normalized spacial score (nSPS) is 11.7. The number of H-pyrrole nitrogens is 1. The minimum absolute atomic E-state index is 0.252. The summed E-state index contributed by atoms with van der Waals surface area (Å²) in [6.45, 7) is 1.27. The van der Waals surface area contributed by atoms with Crippen LogP contribution >= 0.6 is 0 Å². The quantitative estimate of drug-likeness (QED) is 0.457. The second kappa shape index (κ2) is 7.74. The molecule has 7 heteroatoms. The molecule has 3 rings (SSSR count). The summed E-state index contributed by atoms with van der Waals surface area (Å²) in [6, 6.07) is 12.9. The molecule has 3 aromatic rings. The molecule has 0 aliphatic carbocycles. The molecule has 0 aliphatic rings. The van der Waals surface area contributed by atoms with Crippen LogP contribution in [-0.2, 0) is 16.0 Å². The lowest BCUT2D eigenvalue weighted by Crippen LogP contribution is -2.45. The monoisotopic (exact) mass is 365 g/mol. The maximum Gasteiger partial charge on any atom is 0.308 e. The van der Waals surface area contributed by atoms with E-state index in [9.17, 15) is 14.4 Å². The van der Waals surface area contributed by atoms with Crippen molar-refractivity contribution in [1.29, 1.82) is 0 Å². The highest BCUT2D eigenvalue weighted by atomic mass is 16.5. The average Bonchev–Trinajstić information content (AvgIpc) is 3.04. The number of aromatic nitrogens is 1. The van der Waals surface area contributed by atoms with Crippen LogP contribution in [0, 0.1) is 0 Å². The first kappa shape index (κ1) is 18.2. The van der Waals surface area contributed by atoms with Crippen LogP contribution in [0.25, 0.3) is 10.9 Å². The van der Waals surface area contributed by atoms with Crippen LogP contribution < -0.4 is 15.8 Å². The van der Waals surface area contributed by atoms with E-state index >= 15 is 0 Å². The zero-order valence-electron chi connectivity index (χ0n) is 14.7. The third-order valence-corrected chi connectivity index (χ3v) is 4.11. The van der Waals surface area contributed by atoms with Crippen molar-refractivity contribution in [2.24, 2.45) is 5.73 Å². The molecule has 7 nitrogen and oxygen atoms in total. The van der Waals surface area contributed by atoms with Gasteiger partial charge >= 0.3 is 5.97 Å². The third-order valence-electron chi connectivity index (χ3n) is 4.11. The van der Waals surface area contributed by atoms with E-state index in [1.54, 1.807) is 24.4 Å². The minimum Gasteiger partial charge on any atom is -0.427 e. The van der Waals surface area contributed by atoms with Gasteiger partial charge < -0.3 is 20.8 Å². The smallest absolute Gasteiger partial charge is 0.308 e. The molecular weight excluding hydrogens is 346 g/mol. The van der Waals surface area contributed by atoms with Crippen LogP contribution in [0.2, 0.25) is 0 Å². The fourth-order valence-corrected chi connectivity index (χ4v) is 2.85. The van der Waals surface area contributed by atoms with Gasteiger partial charge in [-0.15, -0.1) is 0 Å². The number of para-hydroxylation sites is 1. The minimum atomic E-state index is -0.880. The van der Waals surface area contributed by atoms with Gasteiger partial charge in [0.05, 0.1) is 0 Å². The van der Waals surface area contributed by atoms with Gasteiger partial charge in [-0.3, -0.25) is 14.4 Å². The van der Waals surface area contributed by atoms with Crippen molar-refractivity contribution in [3.63, 3.8) is 0 Å². The van der Waals surface area contributed by atoms with Crippen LogP contribution in [0.1, 0.15) is 22.8 Å². The first-order valence-electron chi connectivity index (χ1n) is 8.37. The fourth-order valence-electron chi connectivity index (χ4n) is 2.85. The lowest BCUT2D eigenvalue weighted by Gasteiger charge is -2.15. The van der Waals surface area contributed by atoms with Crippen LogP contribution in [0.5, 0.6) is 5.75 Å².